The Morgan fingerprint density at radius 3 is 2.71 bits per heavy atom. The van der Waals surface area contributed by atoms with E-state index < -0.39 is 10.0 Å². The van der Waals surface area contributed by atoms with Crippen molar-refractivity contribution in [2.24, 2.45) is 5.92 Å². The van der Waals surface area contributed by atoms with Crippen molar-refractivity contribution in [2.45, 2.75) is 17.7 Å². The monoisotopic (exact) mass is 313 g/mol. The van der Waals surface area contributed by atoms with Gasteiger partial charge < -0.3 is 15.8 Å². The molecule has 0 saturated heterocycles. The van der Waals surface area contributed by atoms with Crippen molar-refractivity contribution in [3.8, 4) is 5.75 Å². The lowest BCUT2D eigenvalue weighted by Crippen LogP contribution is -2.35. The molecule has 8 heteroatoms. The number of ether oxygens (including phenoxy) is 1. The second-order valence-electron chi connectivity index (χ2n) is 4.87. The molecule has 0 aromatic heterocycles. The van der Waals surface area contributed by atoms with Crippen LogP contribution in [0.5, 0.6) is 5.75 Å². The Bertz CT molecular complexity index is 626. The first-order valence-electron chi connectivity index (χ1n) is 6.65. The molecule has 0 bridgehead atoms. The zero-order valence-electron chi connectivity index (χ0n) is 11.8. The molecule has 0 spiro atoms. The maximum absolute atomic E-state index is 12.2. The number of nitrogens with one attached hydrogen (secondary N) is 2. The summed E-state index contributed by atoms with van der Waals surface area (Å²) >= 11 is 0. The minimum atomic E-state index is -3.73. The molecule has 4 N–H and O–H groups in total. The van der Waals surface area contributed by atoms with Crippen LogP contribution in [0.25, 0.3) is 0 Å². The van der Waals surface area contributed by atoms with E-state index in [0.717, 1.165) is 12.8 Å². The van der Waals surface area contributed by atoms with Crippen LogP contribution in [0.2, 0.25) is 0 Å². The summed E-state index contributed by atoms with van der Waals surface area (Å²) in [6.07, 6.45) is 1.83. The third-order valence-electron chi connectivity index (χ3n) is 3.14. The predicted molar refractivity (Wildman–Crippen MR) is 78.3 cm³/mol. The number of nitrogens with two attached hydrogens (primary N) is 1. The number of amides is 1. The highest BCUT2D eigenvalue weighted by Gasteiger charge is 2.29. The van der Waals surface area contributed by atoms with Crippen LogP contribution in [0.4, 0.5) is 5.69 Å². The molecule has 21 heavy (non-hydrogen) atoms. The van der Waals surface area contributed by atoms with Crippen molar-refractivity contribution in [3.63, 3.8) is 0 Å². The maximum atomic E-state index is 12.2. The van der Waals surface area contributed by atoms with Gasteiger partial charge in [0.15, 0.2) is 0 Å². The fraction of sp³-hybridized carbons (Fsp3) is 0.462. The smallest absolute Gasteiger partial charge is 0.244 e. The molecule has 1 aliphatic rings. The summed E-state index contributed by atoms with van der Waals surface area (Å²) < 4.78 is 31.8. The van der Waals surface area contributed by atoms with E-state index in [1.807, 2.05) is 0 Å². The standard InChI is InChI=1S/C13H19N3O4S/c1-20-11-5-4-10(14)8-12(11)21(18,19)16-7-6-15-13(17)9-2-3-9/h4-5,8-9,16H,2-3,6-7,14H2,1H3,(H,15,17). The summed E-state index contributed by atoms with van der Waals surface area (Å²) in [5.41, 5.74) is 5.94. The molecule has 1 saturated carbocycles. The van der Waals surface area contributed by atoms with Gasteiger partial charge in [-0.1, -0.05) is 0 Å². The zero-order chi connectivity index (χ0) is 15.5. The molecule has 0 heterocycles. The van der Waals surface area contributed by atoms with Gasteiger partial charge in [0, 0.05) is 24.7 Å². The number of carbonyl (C=O) groups is 1. The van der Waals surface area contributed by atoms with E-state index in [4.69, 9.17) is 10.5 Å². The summed E-state index contributed by atoms with van der Waals surface area (Å²) in [5, 5.41) is 2.69. The summed E-state index contributed by atoms with van der Waals surface area (Å²) in [6.45, 7) is 0.359. The molecule has 1 aromatic carbocycles. The van der Waals surface area contributed by atoms with E-state index in [2.05, 4.69) is 10.0 Å². The largest absolute Gasteiger partial charge is 0.495 e. The van der Waals surface area contributed by atoms with Gasteiger partial charge in [0.1, 0.15) is 10.6 Å². The molecular formula is C13H19N3O4S. The first-order chi connectivity index (χ1) is 9.94. The Hall–Kier alpha value is -1.80. The van der Waals surface area contributed by atoms with Crippen LogP contribution in [0, 0.1) is 5.92 Å². The van der Waals surface area contributed by atoms with Crippen LogP contribution in [0.3, 0.4) is 0 Å². The van der Waals surface area contributed by atoms with E-state index in [1.165, 1.54) is 19.2 Å². The number of methoxy groups -OCH3 is 1. The molecule has 0 unspecified atom stereocenters. The van der Waals surface area contributed by atoms with Crippen LogP contribution >= 0.6 is 0 Å². The van der Waals surface area contributed by atoms with E-state index in [1.54, 1.807) is 6.07 Å². The third kappa shape index (κ3) is 4.08. The first-order valence-corrected chi connectivity index (χ1v) is 8.13. The normalized spacial score (nSPS) is 14.7. The molecule has 1 amide bonds. The first kappa shape index (κ1) is 15.6. The third-order valence-corrected chi connectivity index (χ3v) is 4.62. The van der Waals surface area contributed by atoms with Gasteiger partial charge in [-0.05, 0) is 31.0 Å². The number of benzene rings is 1. The Balaban J connectivity index is 1.94. The number of hydrogen-bond donors (Lipinski definition) is 3. The van der Waals surface area contributed by atoms with Crippen molar-refractivity contribution in [3.05, 3.63) is 18.2 Å². The van der Waals surface area contributed by atoms with Gasteiger partial charge in [-0.2, -0.15) is 0 Å². The van der Waals surface area contributed by atoms with Crippen molar-refractivity contribution < 1.29 is 17.9 Å². The highest BCUT2D eigenvalue weighted by atomic mass is 32.2. The van der Waals surface area contributed by atoms with Gasteiger partial charge >= 0.3 is 0 Å². The lowest BCUT2D eigenvalue weighted by atomic mass is 10.3. The van der Waals surface area contributed by atoms with Gasteiger partial charge in [0.25, 0.3) is 0 Å². The Kier molecular flexibility index (Phi) is 4.69. The van der Waals surface area contributed by atoms with Crippen LogP contribution in [-0.4, -0.2) is 34.5 Å². The molecule has 7 nitrogen and oxygen atoms in total. The van der Waals surface area contributed by atoms with E-state index in [0.29, 0.717) is 5.69 Å². The number of carbonyl (C=O) groups excluding carboxylic acids is 1. The molecule has 1 fully saturated rings. The molecule has 2 rings (SSSR count). The van der Waals surface area contributed by atoms with Crippen LogP contribution in [-0.2, 0) is 14.8 Å². The zero-order valence-corrected chi connectivity index (χ0v) is 12.6. The number of rotatable bonds is 7. The molecule has 116 valence electrons. The Morgan fingerprint density at radius 1 is 1.38 bits per heavy atom. The fourth-order valence-corrected chi connectivity index (χ4v) is 3.08. The second kappa shape index (κ2) is 6.31. The van der Waals surface area contributed by atoms with Crippen molar-refractivity contribution in [1.29, 1.82) is 0 Å². The average Bonchev–Trinajstić information content (AvgIpc) is 3.28. The summed E-state index contributed by atoms with van der Waals surface area (Å²) in [5.74, 6) is 0.310. The van der Waals surface area contributed by atoms with E-state index in [-0.39, 0.29) is 35.6 Å². The number of hydrogen-bond acceptors (Lipinski definition) is 5. The molecule has 1 aliphatic carbocycles. The lowest BCUT2D eigenvalue weighted by Gasteiger charge is -2.11. The summed E-state index contributed by atoms with van der Waals surface area (Å²) in [4.78, 5) is 11.4. The van der Waals surface area contributed by atoms with Crippen LogP contribution in [0.15, 0.2) is 23.1 Å². The van der Waals surface area contributed by atoms with Crippen molar-refractivity contribution in [2.75, 3.05) is 25.9 Å². The van der Waals surface area contributed by atoms with Gasteiger partial charge in [-0.3, -0.25) is 4.79 Å². The Labute approximate surface area is 123 Å². The SMILES string of the molecule is COc1ccc(N)cc1S(=O)(=O)NCCNC(=O)C1CC1. The topological polar surface area (TPSA) is 111 Å². The Morgan fingerprint density at radius 2 is 2.10 bits per heavy atom. The highest BCUT2D eigenvalue weighted by Crippen LogP contribution is 2.28. The lowest BCUT2D eigenvalue weighted by molar-refractivity contribution is -0.122. The molecule has 1 aromatic rings. The van der Waals surface area contributed by atoms with Crippen LogP contribution in [0.1, 0.15) is 12.8 Å². The molecule has 0 radical (unpaired) electrons. The number of nitrogen functional groups attached to an aromatic ring is 1. The minimum Gasteiger partial charge on any atom is -0.495 e. The van der Waals surface area contributed by atoms with Gasteiger partial charge in [0.2, 0.25) is 15.9 Å². The summed E-state index contributed by atoms with van der Waals surface area (Å²) in [7, 11) is -2.35. The van der Waals surface area contributed by atoms with Crippen molar-refractivity contribution in [1.82, 2.24) is 10.0 Å². The van der Waals surface area contributed by atoms with E-state index >= 15 is 0 Å². The molecule has 0 atom stereocenters. The predicted octanol–water partition coefficient (Wildman–Crippen LogP) is 0.0819. The van der Waals surface area contributed by atoms with Crippen molar-refractivity contribution >= 4 is 21.6 Å². The molecular weight excluding hydrogens is 294 g/mol. The fourth-order valence-electron chi connectivity index (χ4n) is 1.84. The quantitative estimate of drug-likeness (QED) is 0.488. The van der Waals surface area contributed by atoms with Crippen LogP contribution < -0.4 is 20.5 Å². The average molecular weight is 313 g/mol. The second-order valence-corrected chi connectivity index (χ2v) is 6.61. The maximum Gasteiger partial charge on any atom is 0.244 e. The number of anilines is 1. The number of sulfonamides is 1. The highest BCUT2D eigenvalue weighted by molar-refractivity contribution is 7.89. The molecule has 0 aliphatic heterocycles. The van der Waals surface area contributed by atoms with Gasteiger partial charge in [0.05, 0.1) is 7.11 Å². The van der Waals surface area contributed by atoms with Gasteiger partial charge in [-0.25, -0.2) is 13.1 Å². The van der Waals surface area contributed by atoms with E-state index in [9.17, 15) is 13.2 Å². The summed E-state index contributed by atoms with van der Waals surface area (Å²) in [6, 6.07) is 4.40. The van der Waals surface area contributed by atoms with Gasteiger partial charge in [-0.15, -0.1) is 0 Å². The minimum absolute atomic E-state index is 0.0153.